The van der Waals surface area contributed by atoms with Crippen molar-refractivity contribution in [1.82, 2.24) is 0 Å². The van der Waals surface area contributed by atoms with E-state index in [9.17, 15) is 14.5 Å². The third-order valence-electron chi connectivity index (χ3n) is 4.26. The summed E-state index contributed by atoms with van der Waals surface area (Å²) in [5.74, 6) is -0.997. The minimum atomic E-state index is -3.62. The summed E-state index contributed by atoms with van der Waals surface area (Å²) in [6.07, 6.45) is 1.91. The molecule has 1 N–H and O–H groups in total. The number of carbonyl (C=O) groups is 1. The molecule has 146 valence electrons. The molecule has 2 aromatic rings. The van der Waals surface area contributed by atoms with Crippen molar-refractivity contribution in [1.29, 1.82) is 0 Å². The lowest BCUT2D eigenvalue weighted by Crippen LogP contribution is -2.18. The molecule has 0 aliphatic rings. The van der Waals surface area contributed by atoms with Crippen LogP contribution in [-0.2, 0) is 31.6 Å². The number of benzene rings is 2. The van der Waals surface area contributed by atoms with Gasteiger partial charge in [-0.25, -0.2) is 0 Å². The molecule has 27 heavy (non-hydrogen) atoms. The minimum Gasteiger partial charge on any atom is -0.481 e. The van der Waals surface area contributed by atoms with Crippen molar-refractivity contribution in [3.8, 4) is 0 Å². The second-order valence-corrected chi connectivity index (χ2v) is 8.78. The Kier molecular flexibility index (Phi) is 8.73. The Hall–Kier alpha value is -1.94. The van der Waals surface area contributed by atoms with Crippen LogP contribution in [0, 0.1) is 0 Å². The Morgan fingerprint density at radius 3 is 1.85 bits per heavy atom. The van der Waals surface area contributed by atoms with Crippen LogP contribution in [0.2, 0.25) is 0 Å². The van der Waals surface area contributed by atoms with Gasteiger partial charge in [0.25, 0.3) is 0 Å². The van der Waals surface area contributed by atoms with Crippen LogP contribution >= 0.6 is 7.60 Å². The van der Waals surface area contributed by atoms with E-state index in [0.29, 0.717) is 6.42 Å². The molecule has 5 nitrogen and oxygen atoms in total. The van der Waals surface area contributed by atoms with E-state index in [4.69, 9.17) is 9.05 Å². The zero-order chi connectivity index (χ0) is 19.5. The molecule has 2 rings (SSSR count). The lowest BCUT2D eigenvalue weighted by Gasteiger charge is -2.26. The average Bonchev–Trinajstić information content (AvgIpc) is 2.69. The van der Waals surface area contributed by atoms with Crippen molar-refractivity contribution in [3.63, 3.8) is 0 Å². The maximum absolute atomic E-state index is 13.6. The van der Waals surface area contributed by atoms with E-state index in [0.717, 1.165) is 24.0 Å². The number of carboxylic acid groups (broad SMARTS) is 1. The fourth-order valence-electron chi connectivity index (χ4n) is 2.74. The number of carboxylic acids is 1. The zero-order valence-electron chi connectivity index (χ0n) is 15.6. The molecular formula is C21H27O5P. The predicted molar refractivity (Wildman–Crippen MR) is 106 cm³/mol. The lowest BCUT2D eigenvalue weighted by atomic mass is 10.1. The van der Waals surface area contributed by atoms with Crippen molar-refractivity contribution in [2.45, 2.75) is 51.5 Å². The van der Waals surface area contributed by atoms with Gasteiger partial charge in [0.15, 0.2) is 0 Å². The molecule has 1 unspecified atom stereocenters. The number of hydrogen-bond donors (Lipinski definition) is 1. The molecule has 0 aromatic heterocycles. The van der Waals surface area contributed by atoms with Crippen LogP contribution in [-0.4, -0.2) is 16.7 Å². The summed E-state index contributed by atoms with van der Waals surface area (Å²) in [6.45, 7) is 2.25. The number of aliphatic carboxylic acids is 1. The van der Waals surface area contributed by atoms with E-state index in [1.807, 2.05) is 67.6 Å². The van der Waals surface area contributed by atoms with Crippen LogP contribution in [0.25, 0.3) is 0 Å². The Balaban J connectivity index is 2.17. The van der Waals surface area contributed by atoms with E-state index in [1.54, 1.807) is 0 Å². The molecule has 1 atom stereocenters. The van der Waals surface area contributed by atoms with Crippen molar-refractivity contribution in [2.75, 3.05) is 0 Å². The molecule has 2 aromatic carbocycles. The van der Waals surface area contributed by atoms with Gasteiger partial charge in [0.1, 0.15) is 0 Å². The third kappa shape index (κ3) is 7.30. The topological polar surface area (TPSA) is 72.8 Å². The van der Waals surface area contributed by atoms with Gasteiger partial charge in [-0.05, 0) is 17.5 Å². The molecule has 0 aliphatic heterocycles. The van der Waals surface area contributed by atoms with Crippen molar-refractivity contribution in [3.05, 3.63) is 71.8 Å². The highest BCUT2D eigenvalue weighted by molar-refractivity contribution is 7.54. The van der Waals surface area contributed by atoms with Crippen LogP contribution in [0.15, 0.2) is 60.7 Å². The van der Waals surface area contributed by atoms with Crippen molar-refractivity contribution < 1.29 is 23.5 Å². The molecule has 0 saturated heterocycles. The molecule has 0 aliphatic carbocycles. The molecule has 0 heterocycles. The average molecular weight is 390 g/mol. The van der Waals surface area contributed by atoms with Gasteiger partial charge in [-0.2, -0.15) is 0 Å². The summed E-state index contributed by atoms with van der Waals surface area (Å²) in [7, 11) is -3.62. The highest BCUT2D eigenvalue weighted by Crippen LogP contribution is 2.57. The Morgan fingerprint density at radius 1 is 0.963 bits per heavy atom. The summed E-state index contributed by atoms with van der Waals surface area (Å²) in [5, 5.41) is 9.28. The van der Waals surface area contributed by atoms with E-state index < -0.39 is 19.2 Å². The van der Waals surface area contributed by atoms with Gasteiger partial charge in [-0.3, -0.25) is 9.36 Å². The van der Waals surface area contributed by atoms with Crippen molar-refractivity contribution in [2.24, 2.45) is 0 Å². The van der Waals surface area contributed by atoms with Gasteiger partial charge in [0.2, 0.25) is 0 Å². The first kappa shape index (κ1) is 21.4. The summed E-state index contributed by atoms with van der Waals surface area (Å²) in [5.41, 5.74) is 1.07. The van der Waals surface area contributed by atoms with E-state index in [-0.39, 0.29) is 19.6 Å². The fourth-order valence-corrected chi connectivity index (χ4v) is 4.77. The smallest absolute Gasteiger partial charge is 0.334 e. The predicted octanol–water partition coefficient (Wildman–Crippen LogP) is 5.65. The van der Waals surface area contributed by atoms with E-state index in [1.165, 1.54) is 0 Å². The number of unbranched alkanes of at least 4 members (excludes halogenated alkanes) is 1. The highest BCUT2D eigenvalue weighted by Gasteiger charge is 2.37. The molecular weight excluding hydrogens is 363 g/mol. The molecule has 0 bridgehead atoms. The monoisotopic (exact) mass is 390 g/mol. The molecule has 0 radical (unpaired) electrons. The van der Waals surface area contributed by atoms with Gasteiger partial charge in [-0.15, -0.1) is 0 Å². The second kappa shape index (κ2) is 11.0. The Morgan fingerprint density at radius 2 is 1.44 bits per heavy atom. The Labute approximate surface area is 160 Å². The van der Waals surface area contributed by atoms with Crippen LogP contribution < -0.4 is 0 Å². The zero-order valence-corrected chi connectivity index (χ0v) is 16.5. The van der Waals surface area contributed by atoms with E-state index >= 15 is 0 Å². The van der Waals surface area contributed by atoms with Crippen molar-refractivity contribution >= 4 is 13.6 Å². The van der Waals surface area contributed by atoms with Gasteiger partial charge in [0.05, 0.1) is 25.3 Å². The lowest BCUT2D eigenvalue weighted by molar-refractivity contribution is -0.137. The largest absolute Gasteiger partial charge is 0.481 e. The summed E-state index contributed by atoms with van der Waals surface area (Å²) >= 11 is 0. The molecule has 0 amide bonds. The maximum Gasteiger partial charge on any atom is 0.334 e. The normalized spacial score (nSPS) is 12.6. The molecule has 0 saturated carbocycles. The number of hydrogen-bond acceptors (Lipinski definition) is 4. The van der Waals surface area contributed by atoms with Crippen LogP contribution in [0.3, 0.4) is 0 Å². The standard InChI is InChI=1S/C21H27O5P/c1-2-3-14-20(15-21(22)23)27(24,25-16-18-10-6-4-7-11-18)26-17-19-12-8-5-9-13-19/h4-13,20H,2-3,14-17H2,1H3,(H,22,23). The van der Waals surface area contributed by atoms with Crippen LogP contribution in [0.5, 0.6) is 0 Å². The molecule has 6 heteroatoms. The van der Waals surface area contributed by atoms with Crippen LogP contribution in [0.1, 0.15) is 43.7 Å². The highest BCUT2D eigenvalue weighted by atomic mass is 31.2. The number of rotatable bonds is 12. The van der Waals surface area contributed by atoms with Gasteiger partial charge in [-0.1, -0.05) is 80.4 Å². The first-order chi connectivity index (χ1) is 13.0. The SMILES string of the molecule is CCCCC(CC(=O)O)P(=O)(OCc1ccccc1)OCc1ccccc1. The first-order valence-corrected chi connectivity index (χ1v) is 10.8. The van der Waals surface area contributed by atoms with Gasteiger partial charge >= 0.3 is 13.6 Å². The summed E-state index contributed by atoms with van der Waals surface area (Å²) in [6, 6.07) is 18.8. The summed E-state index contributed by atoms with van der Waals surface area (Å²) in [4.78, 5) is 11.3. The van der Waals surface area contributed by atoms with E-state index in [2.05, 4.69) is 0 Å². The van der Waals surface area contributed by atoms with Crippen LogP contribution in [0.4, 0.5) is 0 Å². The molecule has 0 fully saturated rings. The third-order valence-corrected chi connectivity index (χ3v) is 6.57. The van der Waals surface area contributed by atoms with Gasteiger partial charge in [0, 0.05) is 0 Å². The first-order valence-electron chi connectivity index (χ1n) is 9.22. The summed E-state index contributed by atoms with van der Waals surface area (Å²) < 4.78 is 25.1. The van der Waals surface area contributed by atoms with Gasteiger partial charge < -0.3 is 14.2 Å². The minimum absolute atomic E-state index is 0.120. The quantitative estimate of drug-likeness (QED) is 0.474. The Bertz CT molecular complexity index is 685. The maximum atomic E-state index is 13.6. The molecule has 0 spiro atoms. The fraction of sp³-hybridized carbons (Fsp3) is 0.381. The second-order valence-electron chi connectivity index (χ2n) is 6.45.